The highest BCUT2D eigenvalue weighted by molar-refractivity contribution is 5.88. The van der Waals surface area contributed by atoms with Crippen LogP contribution in [0.4, 0.5) is 0 Å². The topological polar surface area (TPSA) is 101 Å². The fourth-order valence-electron chi connectivity index (χ4n) is 1.88. The van der Waals surface area contributed by atoms with Crippen molar-refractivity contribution >= 4 is 17.0 Å². The number of fused-ring (bicyclic) bond motifs is 1. The first-order chi connectivity index (χ1) is 8.95. The lowest BCUT2D eigenvalue weighted by molar-refractivity contribution is -0.125. The van der Waals surface area contributed by atoms with E-state index in [9.17, 15) is 9.59 Å². The zero-order valence-electron chi connectivity index (χ0n) is 10.9. The quantitative estimate of drug-likeness (QED) is 0.746. The van der Waals surface area contributed by atoms with Crippen LogP contribution in [0.25, 0.3) is 11.1 Å². The molecule has 0 saturated heterocycles. The van der Waals surface area contributed by atoms with Crippen molar-refractivity contribution in [2.75, 3.05) is 13.1 Å². The Morgan fingerprint density at radius 3 is 2.89 bits per heavy atom. The van der Waals surface area contributed by atoms with Crippen molar-refractivity contribution in [3.8, 4) is 0 Å². The van der Waals surface area contributed by atoms with Crippen molar-refractivity contribution in [3.63, 3.8) is 0 Å². The molecule has 0 aliphatic rings. The second kappa shape index (κ2) is 4.89. The third-order valence-corrected chi connectivity index (χ3v) is 3.14. The number of aromatic nitrogens is 1. The number of hydrogen-bond donors (Lipinski definition) is 3. The van der Waals surface area contributed by atoms with Crippen LogP contribution < -0.4 is 16.8 Å². The van der Waals surface area contributed by atoms with Crippen LogP contribution in [0.15, 0.2) is 27.4 Å². The lowest BCUT2D eigenvalue weighted by Gasteiger charge is -2.24. The molecule has 1 amide bonds. The van der Waals surface area contributed by atoms with Crippen LogP contribution in [0.3, 0.4) is 0 Å². The fourth-order valence-corrected chi connectivity index (χ4v) is 1.88. The lowest BCUT2D eigenvalue weighted by atomic mass is 9.83. The van der Waals surface area contributed by atoms with Gasteiger partial charge in [-0.15, -0.1) is 0 Å². The number of carbonyl (C=O) groups excluding carboxylic acids is 1. The molecule has 2 aromatic rings. The van der Waals surface area contributed by atoms with Crippen LogP contribution in [-0.4, -0.2) is 24.0 Å². The molecule has 1 heterocycles. The number of amides is 1. The highest BCUT2D eigenvalue weighted by Gasteiger charge is 2.29. The first kappa shape index (κ1) is 13.4. The maximum Gasteiger partial charge on any atom is 0.417 e. The third-order valence-electron chi connectivity index (χ3n) is 3.14. The molecular formula is C13H17N3O3. The van der Waals surface area contributed by atoms with Crippen LogP contribution in [0, 0.1) is 0 Å². The molecule has 6 heteroatoms. The van der Waals surface area contributed by atoms with E-state index >= 15 is 0 Å². The second-order valence-electron chi connectivity index (χ2n) is 4.90. The van der Waals surface area contributed by atoms with E-state index < -0.39 is 11.2 Å². The summed E-state index contributed by atoms with van der Waals surface area (Å²) >= 11 is 0. The first-order valence-electron chi connectivity index (χ1n) is 6.07. The van der Waals surface area contributed by atoms with Crippen LogP contribution in [0.1, 0.15) is 19.4 Å². The van der Waals surface area contributed by atoms with Crippen LogP contribution in [-0.2, 0) is 10.2 Å². The highest BCUT2D eigenvalue weighted by atomic mass is 16.4. The zero-order chi connectivity index (χ0) is 14.0. The lowest BCUT2D eigenvalue weighted by Crippen LogP contribution is -2.42. The number of nitrogens with one attached hydrogen (secondary N) is 2. The van der Waals surface area contributed by atoms with E-state index in [0.29, 0.717) is 24.2 Å². The normalized spacial score (nSPS) is 11.7. The SMILES string of the molecule is CC(C)(C(=O)NCCN)c1ccc2oc(=O)[nH]c2c1. The van der Waals surface area contributed by atoms with E-state index in [1.165, 1.54) is 0 Å². The van der Waals surface area contributed by atoms with Gasteiger partial charge in [0.15, 0.2) is 5.58 Å². The number of carbonyl (C=O) groups is 1. The van der Waals surface area contributed by atoms with Gasteiger partial charge in [0.1, 0.15) is 0 Å². The van der Waals surface area contributed by atoms with Gasteiger partial charge in [-0.3, -0.25) is 9.78 Å². The summed E-state index contributed by atoms with van der Waals surface area (Å²) in [6, 6.07) is 5.21. The molecule has 0 unspecified atom stereocenters. The summed E-state index contributed by atoms with van der Waals surface area (Å²) in [4.78, 5) is 25.8. The summed E-state index contributed by atoms with van der Waals surface area (Å²) in [6.45, 7) is 4.47. The molecule has 1 aromatic carbocycles. The predicted octanol–water partition coefficient (Wildman–Crippen LogP) is 0.474. The summed E-state index contributed by atoms with van der Waals surface area (Å²) < 4.78 is 4.93. The molecule has 0 saturated carbocycles. The van der Waals surface area contributed by atoms with Crippen LogP contribution >= 0.6 is 0 Å². The van der Waals surface area contributed by atoms with E-state index in [-0.39, 0.29) is 5.91 Å². The van der Waals surface area contributed by atoms with Crippen molar-refractivity contribution < 1.29 is 9.21 Å². The van der Waals surface area contributed by atoms with Gasteiger partial charge in [0.25, 0.3) is 0 Å². The Bertz CT molecular complexity index is 654. The number of H-pyrrole nitrogens is 1. The highest BCUT2D eigenvalue weighted by Crippen LogP contribution is 2.25. The Morgan fingerprint density at radius 1 is 1.47 bits per heavy atom. The van der Waals surface area contributed by atoms with Gasteiger partial charge in [0, 0.05) is 13.1 Å². The van der Waals surface area contributed by atoms with E-state index in [4.69, 9.17) is 10.2 Å². The van der Waals surface area contributed by atoms with E-state index in [1.54, 1.807) is 18.2 Å². The first-order valence-corrected chi connectivity index (χ1v) is 6.07. The number of oxazole rings is 1. The number of aromatic amines is 1. The minimum absolute atomic E-state index is 0.108. The van der Waals surface area contributed by atoms with Crippen LogP contribution in [0.2, 0.25) is 0 Å². The molecule has 19 heavy (non-hydrogen) atoms. The molecule has 0 bridgehead atoms. The predicted molar refractivity (Wildman–Crippen MR) is 71.9 cm³/mol. The Labute approximate surface area is 110 Å². The molecule has 1 aromatic heterocycles. The molecule has 0 atom stereocenters. The molecule has 0 radical (unpaired) electrons. The van der Waals surface area contributed by atoms with Gasteiger partial charge < -0.3 is 15.5 Å². The van der Waals surface area contributed by atoms with E-state index in [2.05, 4.69) is 10.3 Å². The molecule has 6 nitrogen and oxygen atoms in total. The molecule has 0 aliphatic carbocycles. The summed E-state index contributed by atoms with van der Waals surface area (Å²) in [5.41, 5.74) is 6.52. The van der Waals surface area contributed by atoms with Gasteiger partial charge in [-0.05, 0) is 31.5 Å². The molecule has 4 N–H and O–H groups in total. The Morgan fingerprint density at radius 2 is 2.21 bits per heavy atom. The largest absolute Gasteiger partial charge is 0.417 e. The van der Waals surface area contributed by atoms with Crippen molar-refractivity contribution in [2.24, 2.45) is 5.73 Å². The maximum atomic E-state index is 12.1. The maximum absolute atomic E-state index is 12.1. The zero-order valence-corrected chi connectivity index (χ0v) is 10.9. The van der Waals surface area contributed by atoms with Gasteiger partial charge in [0.05, 0.1) is 10.9 Å². The van der Waals surface area contributed by atoms with Crippen LogP contribution in [0.5, 0.6) is 0 Å². The van der Waals surface area contributed by atoms with E-state index in [1.807, 2.05) is 13.8 Å². The average molecular weight is 263 g/mol. The van der Waals surface area contributed by atoms with Gasteiger partial charge in [0.2, 0.25) is 5.91 Å². The molecule has 0 fully saturated rings. The van der Waals surface area contributed by atoms with Gasteiger partial charge in [-0.2, -0.15) is 0 Å². The van der Waals surface area contributed by atoms with Crippen molar-refractivity contribution in [2.45, 2.75) is 19.3 Å². The summed E-state index contributed by atoms with van der Waals surface area (Å²) in [7, 11) is 0. The average Bonchev–Trinajstić information content (AvgIpc) is 2.74. The van der Waals surface area contributed by atoms with Gasteiger partial charge in [-0.1, -0.05) is 6.07 Å². The minimum Gasteiger partial charge on any atom is -0.408 e. The number of nitrogens with two attached hydrogens (primary N) is 1. The molecule has 102 valence electrons. The monoisotopic (exact) mass is 263 g/mol. The molecule has 0 spiro atoms. The Balaban J connectivity index is 2.36. The fraction of sp³-hybridized carbons (Fsp3) is 0.385. The van der Waals surface area contributed by atoms with Gasteiger partial charge >= 0.3 is 5.76 Å². The summed E-state index contributed by atoms with van der Waals surface area (Å²) in [5, 5.41) is 2.77. The van der Waals surface area contributed by atoms with Crippen molar-refractivity contribution in [1.82, 2.24) is 10.3 Å². The van der Waals surface area contributed by atoms with Gasteiger partial charge in [-0.25, -0.2) is 4.79 Å². The summed E-state index contributed by atoms with van der Waals surface area (Å²) in [6.07, 6.45) is 0. The van der Waals surface area contributed by atoms with E-state index in [0.717, 1.165) is 5.56 Å². The molecular weight excluding hydrogens is 246 g/mol. The Hall–Kier alpha value is -2.08. The molecule has 2 rings (SSSR count). The Kier molecular flexibility index (Phi) is 3.44. The summed E-state index contributed by atoms with van der Waals surface area (Å²) in [5.74, 6) is -0.610. The minimum atomic E-state index is -0.711. The smallest absolute Gasteiger partial charge is 0.408 e. The number of hydrogen-bond acceptors (Lipinski definition) is 4. The molecule has 0 aliphatic heterocycles. The van der Waals surface area contributed by atoms with Crippen molar-refractivity contribution in [3.05, 3.63) is 34.3 Å². The number of rotatable bonds is 4. The van der Waals surface area contributed by atoms with Crippen molar-refractivity contribution in [1.29, 1.82) is 0 Å². The standard InChI is InChI=1S/C13H17N3O3/c1-13(2,11(17)15-6-5-14)8-3-4-10-9(7-8)16-12(18)19-10/h3-4,7H,5-6,14H2,1-2H3,(H,15,17)(H,16,18). The second-order valence-corrected chi connectivity index (χ2v) is 4.90. The third kappa shape index (κ3) is 2.53. The number of benzene rings is 1.